The third kappa shape index (κ3) is 7.49. The van der Waals surface area contributed by atoms with E-state index < -0.39 is 0 Å². The van der Waals surface area contributed by atoms with Crippen LogP contribution in [0.1, 0.15) is 54.4 Å². The fraction of sp³-hybridized carbons (Fsp3) is 0.432. The zero-order chi connectivity index (χ0) is 32.2. The molecule has 46 heavy (non-hydrogen) atoms. The van der Waals surface area contributed by atoms with Crippen molar-refractivity contribution in [2.45, 2.75) is 70.6 Å². The molecule has 2 bridgehead atoms. The maximum absolute atomic E-state index is 14.6. The molecule has 7 nitrogen and oxygen atoms in total. The number of hydrogen-bond donors (Lipinski definition) is 2. The molecule has 6 rings (SSSR count). The van der Waals surface area contributed by atoms with Gasteiger partial charge in [0.15, 0.2) is 5.75 Å². The Labute approximate surface area is 282 Å². The van der Waals surface area contributed by atoms with E-state index in [0.29, 0.717) is 35.6 Å². The molecule has 1 aliphatic carbocycles. The molecule has 2 fully saturated rings. The lowest BCUT2D eigenvalue weighted by Gasteiger charge is -2.41. The second-order valence-electron chi connectivity index (χ2n) is 12.6. The van der Waals surface area contributed by atoms with Crippen LogP contribution in [0, 0.1) is 13.8 Å². The van der Waals surface area contributed by atoms with Crippen molar-refractivity contribution in [1.82, 2.24) is 15.5 Å². The van der Waals surface area contributed by atoms with Crippen molar-refractivity contribution in [2.24, 2.45) is 0 Å². The first-order valence-electron chi connectivity index (χ1n) is 16.3. The SMILES string of the molecule is COc1cccc(CN(C(=O)C2=C(c3cccc(OCCCCOc4c(Cl)cc(C)cc4Cl)c3)C[C@@H]3CNC[C@H]2N3)C2CC2)c1C. The van der Waals surface area contributed by atoms with Crippen LogP contribution in [-0.4, -0.2) is 62.3 Å². The quantitative estimate of drug-likeness (QED) is 0.190. The molecule has 0 radical (unpaired) electrons. The van der Waals surface area contributed by atoms with Gasteiger partial charge in [0.25, 0.3) is 5.91 Å². The van der Waals surface area contributed by atoms with Crippen molar-refractivity contribution >= 4 is 34.7 Å². The predicted molar refractivity (Wildman–Crippen MR) is 184 cm³/mol. The van der Waals surface area contributed by atoms with E-state index in [4.69, 9.17) is 37.4 Å². The van der Waals surface area contributed by atoms with Crippen LogP contribution in [0.15, 0.2) is 60.2 Å². The Morgan fingerprint density at radius 2 is 1.70 bits per heavy atom. The number of halogens is 2. The number of carbonyl (C=O) groups excluding carboxylic acids is 1. The number of nitrogens with one attached hydrogen (secondary N) is 2. The van der Waals surface area contributed by atoms with Gasteiger partial charge in [-0.3, -0.25) is 4.79 Å². The van der Waals surface area contributed by atoms with Crippen LogP contribution in [0.2, 0.25) is 10.0 Å². The Hall–Kier alpha value is -3.23. The Morgan fingerprint density at radius 1 is 0.957 bits per heavy atom. The summed E-state index contributed by atoms with van der Waals surface area (Å²) in [4.78, 5) is 16.7. The van der Waals surface area contributed by atoms with Crippen LogP contribution in [0.5, 0.6) is 17.2 Å². The molecule has 244 valence electrons. The van der Waals surface area contributed by atoms with Crippen molar-refractivity contribution in [3.05, 3.63) is 92.5 Å². The average molecular weight is 665 g/mol. The van der Waals surface area contributed by atoms with E-state index in [0.717, 1.165) is 90.1 Å². The number of hydrogen-bond acceptors (Lipinski definition) is 6. The highest BCUT2D eigenvalue weighted by atomic mass is 35.5. The highest BCUT2D eigenvalue weighted by Crippen LogP contribution is 2.38. The Kier molecular flexibility index (Phi) is 10.4. The van der Waals surface area contributed by atoms with Crippen LogP contribution in [0.3, 0.4) is 0 Å². The van der Waals surface area contributed by atoms with E-state index in [1.807, 2.05) is 43.3 Å². The van der Waals surface area contributed by atoms with Gasteiger partial charge in [-0.25, -0.2) is 0 Å². The number of piperazine rings is 1. The van der Waals surface area contributed by atoms with Crippen LogP contribution in [0.4, 0.5) is 0 Å². The molecule has 2 heterocycles. The van der Waals surface area contributed by atoms with Crippen LogP contribution in [-0.2, 0) is 11.3 Å². The standard InChI is InChI=1S/C37H43Cl2N3O4/c1-23-16-31(38)36(32(39)17-23)46-15-5-4-14-45-29-10-6-8-25(18-29)30-19-27-20-40-21-33(41-27)35(30)37(43)42(28-12-13-28)22-26-9-7-11-34(44-3)24(26)2/h6-11,16-18,27-28,33,40-41H,4-5,12-15,19-22H2,1-3H3/t27-,33-/m1/s1. The third-order valence-electron chi connectivity index (χ3n) is 9.11. The Balaban J connectivity index is 1.16. The predicted octanol–water partition coefficient (Wildman–Crippen LogP) is 7.14. The number of fused-ring (bicyclic) bond motifs is 2. The van der Waals surface area contributed by atoms with E-state index in [-0.39, 0.29) is 24.0 Å². The zero-order valence-electron chi connectivity index (χ0n) is 26.8. The second-order valence-corrected chi connectivity index (χ2v) is 13.4. The minimum absolute atomic E-state index is 0.0391. The average Bonchev–Trinajstić information content (AvgIpc) is 3.88. The van der Waals surface area contributed by atoms with Gasteiger partial charge in [0.05, 0.1) is 36.4 Å². The molecule has 3 aromatic rings. The Bertz CT molecular complexity index is 1580. The largest absolute Gasteiger partial charge is 0.496 e. The van der Waals surface area contributed by atoms with Gasteiger partial charge in [-0.05, 0) is 104 Å². The van der Waals surface area contributed by atoms with Crippen molar-refractivity contribution in [1.29, 1.82) is 0 Å². The number of methoxy groups -OCH3 is 1. The number of amides is 1. The maximum atomic E-state index is 14.6. The highest BCUT2D eigenvalue weighted by Gasteiger charge is 2.41. The molecule has 0 spiro atoms. The van der Waals surface area contributed by atoms with Gasteiger partial charge >= 0.3 is 0 Å². The van der Waals surface area contributed by atoms with Crippen LogP contribution in [0.25, 0.3) is 5.57 Å². The molecular weight excluding hydrogens is 621 g/mol. The summed E-state index contributed by atoms with van der Waals surface area (Å²) < 4.78 is 17.6. The molecule has 2 N–H and O–H groups in total. The fourth-order valence-corrected chi connectivity index (χ4v) is 7.25. The normalized spacial score (nSPS) is 19.2. The van der Waals surface area contributed by atoms with Crippen molar-refractivity contribution in [2.75, 3.05) is 33.4 Å². The molecule has 0 unspecified atom stereocenters. The van der Waals surface area contributed by atoms with Crippen LogP contribution >= 0.6 is 23.2 Å². The summed E-state index contributed by atoms with van der Waals surface area (Å²) in [7, 11) is 1.69. The first-order valence-corrected chi connectivity index (χ1v) is 17.0. The van der Waals surface area contributed by atoms with Gasteiger partial charge in [0, 0.05) is 37.3 Å². The molecule has 3 aliphatic rings. The molecule has 3 aromatic carbocycles. The van der Waals surface area contributed by atoms with Crippen molar-refractivity contribution < 1.29 is 19.0 Å². The zero-order valence-corrected chi connectivity index (χ0v) is 28.3. The van der Waals surface area contributed by atoms with E-state index in [1.54, 1.807) is 7.11 Å². The first-order chi connectivity index (χ1) is 22.3. The summed E-state index contributed by atoms with van der Waals surface area (Å²) in [6.45, 7) is 7.26. The summed E-state index contributed by atoms with van der Waals surface area (Å²) in [5.41, 5.74) is 6.25. The summed E-state index contributed by atoms with van der Waals surface area (Å²) in [5, 5.41) is 8.33. The Morgan fingerprint density at radius 3 is 2.43 bits per heavy atom. The third-order valence-corrected chi connectivity index (χ3v) is 9.68. The second kappa shape index (κ2) is 14.7. The van der Waals surface area contributed by atoms with Crippen molar-refractivity contribution in [3.63, 3.8) is 0 Å². The molecule has 9 heteroatoms. The molecule has 2 atom stereocenters. The molecule has 2 aliphatic heterocycles. The fourth-order valence-electron chi connectivity index (χ4n) is 6.55. The van der Waals surface area contributed by atoms with Crippen molar-refractivity contribution in [3.8, 4) is 17.2 Å². The summed E-state index contributed by atoms with van der Waals surface area (Å²) in [6, 6.07) is 18.5. The number of aryl methyl sites for hydroxylation is 1. The van der Waals surface area contributed by atoms with E-state index in [1.165, 1.54) is 0 Å². The number of ether oxygens (including phenoxy) is 3. The van der Waals surface area contributed by atoms with Gasteiger partial charge in [0.1, 0.15) is 11.5 Å². The smallest absolute Gasteiger partial charge is 0.252 e. The van der Waals surface area contributed by atoms with E-state index in [9.17, 15) is 4.79 Å². The minimum Gasteiger partial charge on any atom is -0.496 e. The molecule has 1 saturated carbocycles. The molecule has 1 amide bonds. The molecule has 1 saturated heterocycles. The van der Waals surface area contributed by atoms with Gasteiger partial charge < -0.3 is 29.7 Å². The maximum Gasteiger partial charge on any atom is 0.252 e. The number of unbranched alkanes of at least 4 members (excludes halogenated alkanes) is 1. The summed E-state index contributed by atoms with van der Waals surface area (Å²) in [5.74, 6) is 2.31. The molecular formula is C37H43Cl2N3O4. The van der Waals surface area contributed by atoms with Gasteiger partial charge in [-0.15, -0.1) is 0 Å². The lowest BCUT2D eigenvalue weighted by Crippen LogP contribution is -2.60. The van der Waals surface area contributed by atoms with Crippen LogP contribution < -0.4 is 24.8 Å². The number of benzene rings is 3. The summed E-state index contributed by atoms with van der Waals surface area (Å²) in [6.07, 6.45) is 4.48. The minimum atomic E-state index is -0.0391. The lowest BCUT2D eigenvalue weighted by molar-refractivity contribution is -0.128. The number of rotatable bonds is 13. The van der Waals surface area contributed by atoms with E-state index >= 15 is 0 Å². The monoisotopic (exact) mass is 663 g/mol. The topological polar surface area (TPSA) is 72.1 Å². The molecule has 0 aromatic heterocycles. The number of carbonyl (C=O) groups is 1. The lowest BCUT2D eigenvalue weighted by atomic mass is 9.83. The first kappa shape index (κ1) is 32.7. The number of nitrogens with zero attached hydrogens (tertiary/aromatic N) is 1. The van der Waals surface area contributed by atoms with E-state index in [2.05, 4.69) is 40.7 Å². The highest BCUT2D eigenvalue weighted by molar-refractivity contribution is 6.37. The van der Waals surface area contributed by atoms with Gasteiger partial charge in [-0.2, -0.15) is 0 Å². The van der Waals surface area contributed by atoms with Gasteiger partial charge in [0.2, 0.25) is 0 Å². The summed E-state index contributed by atoms with van der Waals surface area (Å²) >= 11 is 12.6. The van der Waals surface area contributed by atoms with Gasteiger partial charge in [-0.1, -0.05) is 47.5 Å².